The predicted octanol–water partition coefficient (Wildman–Crippen LogP) is 2.54. The summed E-state index contributed by atoms with van der Waals surface area (Å²) >= 11 is 3.09. The highest BCUT2D eigenvalue weighted by Crippen LogP contribution is 2.22. The number of nitrogens with two attached hydrogens (primary N) is 1. The van der Waals surface area contributed by atoms with Crippen LogP contribution in [0.3, 0.4) is 0 Å². The van der Waals surface area contributed by atoms with Gasteiger partial charge < -0.3 is 10.5 Å². The van der Waals surface area contributed by atoms with Gasteiger partial charge in [0, 0.05) is 12.5 Å². The molecule has 88 valence electrons. The molecule has 0 aliphatic heterocycles. The smallest absolute Gasteiger partial charge is 0.305 e. The summed E-state index contributed by atoms with van der Waals surface area (Å²) in [5.74, 6) is -0.624. The molecule has 0 aliphatic rings. The van der Waals surface area contributed by atoms with Crippen molar-refractivity contribution in [2.24, 2.45) is 5.73 Å². The summed E-state index contributed by atoms with van der Waals surface area (Å²) in [5, 5.41) is 0. The predicted molar refractivity (Wildman–Crippen MR) is 62.3 cm³/mol. The molecule has 0 heterocycles. The van der Waals surface area contributed by atoms with Gasteiger partial charge >= 0.3 is 5.97 Å². The first kappa shape index (κ1) is 13.1. The number of methoxy groups -OCH3 is 1. The van der Waals surface area contributed by atoms with E-state index in [1.54, 1.807) is 12.1 Å². The number of halogens is 2. The van der Waals surface area contributed by atoms with Gasteiger partial charge in [-0.3, -0.25) is 4.79 Å². The van der Waals surface area contributed by atoms with E-state index in [2.05, 4.69) is 20.7 Å². The molecule has 1 unspecified atom stereocenters. The van der Waals surface area contributed by atoms with Crippen LogP contribution < -0.4 is 5.73 Å². The van der Waals surface area contributed by atoms with Crippen LogP contribution in [-0.2, 0) is 9.53 Å². The van der Waals surface area contributed by atoms with Crippen molar-refractivity contribution in [2.45, 2.75) is 18.9 Å². The zero-order valence-electron chi connectivity index (χ0n) is 8.87. The molecule has 1 aromatic rings. The molecule has 2 N–H and O–H groups in total. The Morgan fingerprint density at radius 3 is 2.88 bits per heavy atom. The SMILES string of the molecule is COC(=O)CCC(N)c1ccc(F)c(Br)c1. The number of esters is 1. The Bertz CT molecular complexity index is 384. The average Bonchev–Trinajstić information content (AvgIpc) is 2.29. The Labute approximate surface area is 102 Å². The zero-order valence-corrected chi connectivity index (χ0v) is 10.5. The lowest BCUT2D eigenvalue weighted by molar-refractivity contribution is -0.140. The number of ether oxygens (including phenoxy) is 1. The van der Waals surface area contributed by atoms with Crippen molar-refractivity contribution < 1.29 is 13.9 Å². The summed E-state index contributed by atoms with van der Waals surface area (Å²) in [5.41, 5.74) is 6.65. The summed E-state index contributed by atoms with van der Waals surface area (Å²) in [6.45, 7) is 0. The first-order valence-corrected chi connectivity index (χ1v) is 5.61. The van der Waals surface area contributed by atoms with Gasteiger partial charge in [0.05, 0.1) is 11.6 Å². The van der Waals surface area contributed by atoms with Crippen molar-refractivity contribution in [1.29, 1.82) is 0 Å². The van der Waals surface area contributed by atoms with Crippen molar-refractivity contribution in [3.8, 4) is 0 Å². The van der Waals surface area contributed by atoms with E-state index < -0.39 is 0 Å². The first-order valence-electron chi connectivity index (χ1n) is 4.82. The van der Waals surface area contributed by atoms with Gasteiger partial charge in [-0.15, -0.1) is 0 Å². The number of benzene rings is 1. The molecule has 5 heteroatoms. The Hall–Kier alpha value is -0.940. The van der Waals surface area contributed by atoms with Crippen molar-refractivity contribution >= 4 is 21.9 Å². The Morgan fingerprint density at radius 2 is 2.31 bits per heavy atom. The zero-order chi connectivity index (χ0) is 12.1. The summed E-state index contributed by atoms with van der Waals surface area (Å²) < 4.78 is 17.9. The molecule has 1 rings (SSSR count). The molecule has 0 aliphatic carbocycles. The molecule has 1 aromatic carbocycles. The second kappa shape index (κ2) is 5.96. The molecule has 0 radical (unpaired) electrons. The first-order chi connectivity index (χ1) is 7.54. The molecule has 0 fully saturated rings. The monoisotopic (exact) mass is 289 g/mol. The van der Waals surface area contributed by atoms with E-state index in [1.807, 2.05) is 0 Å². The number of carbonyl (C=O) groups excluding carboxylic acids is 1. The van der Waals surface area contributed by atoms with E-state index >= 15 is 0 Å². The molecule has 0 saturated heterocycles. The van der Waals surface area contributed by atoms with Gasteiger partial charge in [-0.1, -0.05) is 6.07 Å². The average molecular weight is 290 g/mol. The minimum absolute atomic E-state index is 0.257. The van der Waals surface area contributed by atoms with Crippen LogP contribution in [0.1, 0.15) is 24.4 Å². The lowest BCUT2D eigenvalue weighted by Gasteiger charge is -2.11. The quantitative estimate of drug-likeness (QED) is 0.867. The van der Waals surface area contributed by atoms with Gasteiger partial charge in [-0.2, -0.15) is 0 Å². The molecule has 0 amide bonds. The number of hydrogen-bond acceptors (Lipinski definition) is 3. The van der Waals surface area contributed by atoms with Crippen molar-refractivity contribution in [3.05, 3.63) is 34.1 Å². The number of rotatable bonds is 4. The molecular weight excluding hydrogens is 277 g/mol. The third-order valence-corrected chi connectivity index (χ3v) is 2.87. The Kier molecular flexibility index (Phi) is 4.89. The lowest BCUT2D eigenvalue weighted by Crippen LogP contribution is -2.13. The molecule has 3 nitrogen and oxygen atoms in total. The van der Waals surface area contributed by atoms with Gasteiger partial charge in [0.2, 0.25) is 0 Å². The molecule has 0 aromatic heterocycles. The van der Waals surface area contributed by atoms with Crippen LogP contribution in [0.2, 0.25) is 0 Å². The van der Waals surface area contributed by atoms with Crippen LogP contribution in [0.15, 0.2) is 22.7 Å². The largest absolute Gasteiger partial charge is 0.469 e. The third-order valence-electron chi connectivity index (χ3n) is 2.26. The molecular formula is C11H13BrFNO2. The highest BCUT2D eigenvalue weighted by molar-refractivity contribution is 9.10. The van der Waals surface area contributed by atoms with E-state index in [1.165, 1.54) is 13.2 Å². The third kappa shape index (κ3) is 3.57. The number of carbonyl (C=O) groups is 1. The van der Waals surface area contributed by atoms with Crippen molar-refractivity contribution in [1.82, 2.24) is 0 Å². The van der Waals surface area contributed by atoms with Crippen LogP contribution in [0.25, 0.3) is 0 Å². The maximum absolute atomic E-state index is 13.0. The van der Waals surface area contributed by atoms with Crippen LogP contribution >= 0.6 is 15.9 Å². The van der Waals surface area contributed by atoms with E-state index in [0.717, 1.165) is 5.56 Å². The van der Waals surface area contributed by atoms with Gasteiger partial charge in [-0.05, 0) is 40.0 Å². The highest BCUT2D eigenvalue weighted by Gasteiger charge is 2.10. The fraction of sp³-hybridized carbons (Fsp3) is 0.364. The summed E-state index contributed by atoms with van der Waals surface area (Å²) in [7, 11) is 1.34. The maximum atomic E-state index is 13.0. The Morgan fingerprint density at radius 1 is 1.62 bits per heavy atom. The molecule has 16 heavy (non-hydrogen) atoms. The molecule has 0 spiro atoms. The minimum atomic E-state index is -0.330. The Balaban J connectivity index is 2.62. The second-order valence-electron chi connectivity index (χ2n) is 3.39. The lowest BCUT2D eigenvalue weighted by atomic mass is 10.0. The fourth-order valence-electron chi connectivity index (χ4n) is 1.29. The van der Waals surface area contributed by atoms with Crippen LogP contribution in [-0.4, -0.2) is 13.1 Å². The van der Waals surface area contributed by atoms with E-state index in [-0.39, 0.29) is 24.2 Å². The van der Waals surface area contributed by atoms with Gasteiger partial charge in [0.1, 0.15) is 5.82 Å². The van der Waals surface area contributed by atoms with Crippen LogP contribution in [0, 0.1) is 5.82 Å². The summed E-state index contributed by atoms with van der Waals surface area (Å²) in [6.07, 6.45) is 0.734. The van der Waals surface area contributed by atoms with E-state index in [9.17, 15) is 9.18 Å². The summed E-state index contributed by atoms with van der Waals surface area (Å²) in [4.78, 5) is 10.9. The van der Waals surface area contributed by atoms with Gasteiger partial charge in [0.25, 0.3) is 0 Å². The van der Waals surface area contributed by atoms with Crippen LogP contribution in [0.5, 0.6) is 0 Å². The normalized spacial score (nSPS) is 12.2. The summed E-state index contributed by atoms with van der Waals surface area (Å²) in [6, 6.07) is 4.28. The topological polar surface area (TPSA) is 52.3 Å². The van der Waals surface area contributed by atoms with Gasteiger partial charge in [0.15, 0.2) is 0 Å². The van der Waals surface area contributed by atoms with E-state index in [0.29, 0.717) is 10.9 Å². The van der Waals surface area contributed by atoms with E-state index in [4.69, 9.17) is 5.73 Å². The van der Waals surface area contributed by atoms with Crippen molar-refractivity contribution in [3.63, 3.8) is 0 Å². The maximum Gasteiger partial charge on any atom is 0.305 e. The van der Waals surface area contributed by atoms with Gasteiger partial charge in [-0.25, -0.2) is 4.39 Å². The second-order valence-corrected chi connectivity index (χ2v) is 4.25. The fourth-order valence-corrected chi connectivity index (χ4v) is 1.68. The highest BCUT2D eigenvalue weighted by atomic mass is 79.9. The van der Waals surface area contributed by atoms with Crippen LogP contribution in [0.4, 0.5) is 4.39 Å². The number of hydrogen-bond donors (Lipinski definition) is 1. The van der Waals surface area contributed by atoms with Crippen molar-refractivity contribution in [2.75, 3.05) is 7.11 Å². The molecule has 0 bridgehead atoms. The minimum Gasteiger partial charge on any atom is -0.469 e. The molecule has 1 atom stereocenters. The standard InChI is InChI=1S/C11H13BrFNO2/c1-16-11(15)5-4-10(14)7-2-3-9(13)8(12)6-7/h2-3,6,10H,4-5,14H2,1H3. The molecule has 0 saturated carbocycles.